The van der Waals surface area contributed by atoms with Gasteiger partial charge in [0.25, 0.3) is 0 Å². The van der Waals surface area contributed by atoms with Gasteiger partial charge >= 0.3 is 11.8 Å². The maximum absolute atomic E-state index is 11.6. The van der Waals surface area contributed by atoms with Crippen LogP contribution in [0.3, 0.4) is 0 Å². The molecule has 0 spiro atoms. The molecule has 0 radical (unpaired) electrons. The fraction of sp³-hybridized carbons (Fsp3) is 0.385. The average molecular weight is 283 g/mol. The number of carbonyl (C=O) groups is 2. The first-order chi connectivity index (χ1) is 9.15. The molecule has 5 nitrogen and oxygen atoms in total. The van der Waals surface area contributed by atoms with Crippen LogP contribution < -0.4 is 10.6 Å². The van der Waals surface area contributed by atoms with Crippen molar-refractivity contribution < 1.29 is 14.3 Å². The maximum atomic E-state index is 11.6. The first-order valence-corrected chi connectivity index (χ1v) is 6.49. The molecule has 2 N–H and O–H groups in total. The number of amides is 2. The van der Waals surface area contributed by atoms with Gasteiger partial charge in [-0.2, -0.15) is 0 Å². The topological polar surface area (TPSA) is 67.4 Å². The number of hydrogen-bond acceptors (Lipinski definition) is 3. The number of hydrogen-bond donors (Lipinski definition) is 2. The first kappa shape index (κ1) is 13.8. The van der Waals surface area contributed by atoms with Crippen LogP contribution in [-0.2, 0) is 14.3 Å². The molecule has 1 heterocycles. The van der Waals surface area contributed by atoms with Crippen LogP contribution in [0.25, 0.3) is 0 Å². The van der Waals surface area contributed by atoms with Crippen LogP contribution in [0.2, 0.25) is 5.02 Å². The predicted molar refractivity (Wildman–Crippen MR) is 72.1 cm³/mol. The van der Waals surface area contributed by atoms with E-state index in [1.165, 1.54) is 0 Å². The third-order valence-corrected chi connectivity index (χ3v) is 3.04. The van der Waals surface area contributed by atoms with E-state index in [0.717, 1.165) is 19.4 Å². The van der Waals surface area contributed by atoms with Crippen molar-refractivity contribution in [3.8, 4) is 0 Å². The third kappa shape index (κ3) is 4.22. The Labute approximate surface area is 116 Å². The largest absolute Gasteiger partial charge is 0.376 e. The molecule has 102 valence electrons. The second kappa shape index (κ2) is 6.54. The number of carbonyl (C=O) groups excluding carboxylic acids is 2. The summed E-state index contributed by atoms with van der Waals surface area (Å²) in [5, 5.41) is 5.53. The molecule has 1 aromatic carbocycles. The van der Waals surface area contributed by atoms with Crippen LogP contribution in [-0.4, -0.2) is 31.1 Å². The van der Waals surface area contributed by atoms with Crippen LogP contribution in [0.15, 0.2) is 24.3 Å². The monoisotopic (exact) mass is 282 g/mol. The van der Waals surface area contributed by atoms with Crippen LogP contribution in [0.5, 0.6) is 0 Å². The van der Waals surface area contributed by atoms with Gasteiger partial charge in [0.15, 0.2) is 0 Å². The summed E-state index contributed by atoms with van der Waals surface area (Å²) in [6.45, 7) is 1.08. The molecule has 2 rings (SSSR count). The zero-order valence-electron chi connectivity index (χ0n) is 10.3. The Kier molecular flexibility index (Phi) is 4.76. The molecule has 0 saturated carbocycles. The molecule has 0 bridgehead atoms. The molecule has 1 fully saturated rings. The van der Waals surface area contributed by atoms with Crippen LogP contribution in [0, 0.1) is 0 Å². The van der Waals surface area contributed by atoms with Crippen molar-refractivity contribution in [3.05, 3.63) is 29.3 Å². The van der Waals surface area contributed by atoms with E-state index in [0.29, 0.717) is 17.3 Å². The Bertz CT molecular complexity index is 473. The van der Waals surface area contributed by atoms with Gasteiger partial charge in [-0.15, -0.1) is 0 Å². The molecule has 1 aromatic rings. The van der Waals surface area contributed by atoms with E-state index in [-0.39, 0.29) is 6.10 Å². The summed E-state index contributed by atoms with van der Waals surface area (Å²) in [4.78, 5) is 23.2. The van der Waals surface area contributed by atoms with Gasteiger partial charge in [0.05, 0.1) is 6.10 Å². The molecule has 2 amide bonds. The molecule has 0 unspecified atom stereocenters. The average Bonchev–Trinajstić information content (AvgIpc) is 2.89. The SMILES string of the molecule is O=C(NC[C@@H]1CCCO1)C(=O)Nc1cccc(Cl)c1. The standard InChI is InChI=1S/C13H15ClN2O3/c14-9-3-1-4-10(7-9)16-13(18)12(17)15-8-11-5-2-6-19-11/h1,3-4,7,11H,2,5-6,8H2,(H,15,17)(H,16,18)/t11-/m0/s1. The summed E-state index contributed by atoms with van der Waals surface area (Å²) in [5.74, 6) is -1.38. The smallest absolute Gasteiger partial charge is 0.313 e. The molecular weight excluding hydrogens is 268 g/mol. The highest BCUT2D eigenvalue weighted by Crippen LogP contribution is 2.14. The Morgan fingerprint density at radius 1 is 1.37 bits per heavy atom. The van der Waals surface area contributed by atoms with Crippen molar-refractivity contribution in [2.45, 2.75) is 18.9 Å². The van der Waals surface area contributed by atoms with Crippen molar-refractivity contribution in [1.29, 1.82) is 0 Å². The maximum Gasteiger partial charge on any atom is 0.313 e. The normalized spacial score (nSPS) is 18.1. The molecule has 19 heavy (non-hydrogen) atoms. The number of anilines is 1. The Morgan fingerprint density at radius 2 is 2.21 bits per heavy atom. The first-order valence-electron chi connectivity index (χ1n) is 6.11. The van der Waals surface area contributed by atoms with E-state index in [1.807, 2.05) is 0 Å². The quantitative estimate of drug-likeness (QED) is 0.827. The van der Waals surface area contributed by atoms with Crippen molar-refractivity contribution in [3.63, 3.8) is 0 Å². The van der Waals surface area contributed by atoms with Gasteiger partial charge < -0.3 is 15.4 Å². The fourth-order valence-corrected chi connectivity index (χ4v) is 2.04. The lowest BCUT2D eigenvalue weighted by Gasteiger charge is -2.10. The molecule has 6 heteroatoms. The summed E-state index contributed by atoms with van der Waals surface area (Å²) in [6.07, 6.45) is 1.92. The lowest BCUT2D eigenvalue weighted by molar-refractivity contribution is -0.136. The van der Waals surface area contributed by atoms with Gasteiger partial charge in [-0.25, -0.2) is 0 Å². The molecule has 1 aliphatic heterocycles. The van der Waals surface area contributed by atoms with E-state index in [1.54, 1.807) is 24.3 Å². The van der Waals surface area contributed by atoms with Gasteiger partial charge in [-0.05, 0) is 31.0 Å². The minimum absolute atomic E-state index is 0.0166. The van der Waals surface area contributed by atoms with Crippen molar-refractivity contribution in [1.82, 2.24) is 5.32 Å². The fourth-order valence-electron chi connectivity index (χ4n) is 1.85. The summed E-state index contributed by atoms with van der Waals surface area (Å²) in [6, 6.07) is 6.63. The summed E-state index contributed by atoms with van der Waals surface area (Å²) < 4.78 is 5.35. The van der Waals surface area contributed by atoms with E-state index in [9.17, 15) is 9.59 Å². The predicted octanol–water partition coefficient (Wildman–Crippen LogP) is 1.57. The Hall–Kier alpha value is -1.59. The Morgan fingerprint density at radius 3 is 2.89 bits per heavy atom. The lowest BCUT2D eigenvalue weighted by Crippen LogP contribution is -2.39. The van der Waals surface area contributed by atoms with Gasteiger partial charge in [0.1, 0.15) is 0 Å². The molecular formula is C13H15ClN2O3. The number of halogens is 1. The van der Waals surface area contributed by atoms with Gasteiger partial charge in [0, 0.05) is 23.9 Å². The molecule has 0 aromatic heterocycles. The summed E-state index contributed by atoms with van der Waals surface area (Å²) in [7, 11) is 0. The zero-order chi connectivity index (χ0) is 13.7. The highest BCUT2D eigenvalue weighted by Gasteiger charge is 2.19. The van der Waals surface area contributed by atoms with E-state index in [2.05, 4.69) is 10.6 Å². The Balaban J connectivity index is 1.80. The number of ether oxygens (including phenoxy) is 1. The van der Waals surface area contributed by atoms with Gasteiger partial charge in [-0.1, -0.05) is 17.7 Å². The molecule has 0 aliphatic carbocycles. The zero-order valence-corrected chi connectivity index (χ0v) is 11.1. The molecule has 1 atom stereocenters. The minimum Gasteiger partial charge on any atom is -0.376 e. The second-order valence-electron chi connectivity index (χ2n) is 4.31. The summed E-state index contributed by atoms with van der Waals surface area (Å²) >= 11 is 5.79. The van der Waals surface area contributed by atoms with Crippen molar-refractivity contribution in [2.75, 3.05) is 18.5 Å². The number of rotatable bonds is 3. The van der Waals surface area contributed by atoms with E-state index in [4.69, 9.17) is 16.3 Å². The molecule has 1 saturated heterocycles. The second-order valence-corrected chi connectivity index (χ2v) is 4.75. The van der Waals surface area contributed by atoms with Gasteiger partial charge in [0.2, 0.25) is 0 Å². The third-order valence-electron chi connectivity index (χ3n) is 2.80. The number of benzene rings is 1. The number of nitrogens with one attached hydrogen (secondary N) is 2. The van der Waals surface area contributed by atoms with Crippen LogP contribution in [0.1, 0.15) is 12.8 Å². The minimum atomic E-state index is -0.708. The van der Waals surface area contributed by atoms with Crippen molar-refractivity contribution in [2.24, 2.45) is 0 Å². The lowest BCUT2D eigenvalue weighted by atomic mass is 10.2. The van der Waals surface area contributed by atoms with Crippen molar-refractivity contribution >= 4 is 29.1 Å². The van der Waals surface area contributed by atoms with Gasteiger partial charge in [-0.3, -0.25) is 9.59 Å². The highest BCUT2D eigenvalue weighted by atomic mass is 35.5. The highest BCUT2D eigenvalue weighted by molar-refractivity contribution is 6.39. The molecule has 1 aliphatic rings. The van der Waals surface area contributed by atoms with E-state index >= 15 is 0 Å². The summed E-state index contributed by atoms with van der Waals surface area (Å²) in [5.41, 5.74) is 0.491. The van der Waals surface area contributed by atoms with Crippen LogP contribution >= 0.6 is 11.6 Å². The van der Waals surface area contributed by atoms with Crippen LogP contribution in [0.4, 0.5) is 5.69 Å². The van der Waals surface area contributed by atoms with E-state index < -0.39 is 11.8 Å².